The van der Waals surface area contributed by atoms with E-state index in [1.807, 2.05) is 11.3 Å². The summed E-state index contributed by atoms with van der Waals surface area (Å²) in [5.41, 5.74) is 0.468. The van der Waals surface area contributed by atoms with Crippen molar-refractivity contribution in [3.8, 4) is 0 Å². The molecule has 1 atom stereocenters. The lowest BCUT2D eigenvalue weighted by molar-refractivity contribution is -0.0992. The van der Waals surface area contributed by atoms with Gasteiger partial charge in [0.2, 0.25) is 0 Å². The maximum Gasteiger partial charge on any atom is 0.0521 e. The molecule has 1 spiro atoms. The van der Waals surface area contributed by atoms with E-state index in [-0.39, 0.29) is 0 Å². The standard InChI is InChI=1S/C18H29NO2S/c1-3-20-13-16-14-21-11-8-18(16)6-9-19(10-7-18)12-17-5-4-15(2)22-17/h4-5,16H,3,6-14H2,1-2H3/t16-/m1/s1. The quantitative estimate of drug-likeness (QED) is 0.824. The highest BCUT2D eigenvalue weighted by atomic mass is 32.1. The number of hydrogen-bond acceptors (Lipinski definition) is 4. The van der Waals surface area contributed by atoms with Crippen molar-refractivity contribution in [2.75, 3.05) is 39.5 Å². The molecule has 0 unspecified atom stereocenters. The fourth-order valence-electron chi connectivity index (χ4n) is 3.97. The van der Waals surface area contributed by atoms with Gasteiger partial charge in [-0.15, -0.1) is 11.3 Å². The Morgan fingerprint density at radius 1 is 1.32 bits per heavy atom. The SMILES string of the molecule is CCOC[C@@H]1COCCC12CCN(Cc1ccc(C)s1)CC2. The van der Waals surface area contributed by atoms with Crippen LogP contribution in [0.5, 0.6) is 0 Å². The number of rotatable bonds is 5. The van der Waals surface area contributed by atoms with Gasteiger partial charge < -0.3 is 9.47 Å². The summed E-state index contributed by atoms with van der Waals surface area (Å²) in [6, 6.07) is 4.53. The molecule has 0 saturated carbocycles. The third-order valence-electron chi connectivity index (χ3n) is 5.48. The van der Waals surface area contributed by atoms with Gasteiger partial charge in [-0.1, -0.05) is 0 Å². The molecule has 0 aliphatic carbocycles. The minimum absolute atomic E-state index is 0.468. The Morgan fingerprint density at radius 3 is 2.82 bits per heavy atom. The summed E-state index contributed by atoms with van der Waals surface area (Å²) in [7, 11) is 0. The van der Waals surface area contributed by atoms with Crippen LogP contribution in [0, 0.1) is 18.3 Å². The first-order valence-corrected chi connectivity index (χ1v) is 9.47. The van der Waals surface area contributed by atoms with Crippen molar-refractivity contribution in [2.24, 2.45) is 11.3 Å². The van der Waals surface area contributed by atoms with Crippen molar-refractivity contribution >= 4 is 11.3 Å². The van der Waals surface area contributed by atoms with Crippen molar-refractivity contribution in [3.05, 3.63) is 21.9 Å². The van der Waals surface area contributed by atoms with Crippen molar-refractivity contribution in [1.82, 2.24) is 4.90 Å². The number of piperidine rings is 1. The summed E-state index contributed by atoms with van der Waals surface area (Å²) in [5.74, 6) is 0.590. The second-order valence-corrected chi connectivity index (χ2v) is 8.20. The molecule has 2 aliphatic rings. The van der Waals surface area contributed by atoms with E-state index in [4.69, 9.17) is 9.47 Å². The summed E-state index contributed by atoms with van der Waals surface area (Å²) in [5, 5.41) is 0. The second kappa shape index (κ2) is 7.43. The van der Waals surface area contributed by atoms with E-state index in [1.165, 1.54) is 42.1 Å². The van der Waals surface area contributed by atoms with Crippen LogP contribution in [0.3, 0.4) is 0 Å². The smallest absolute Gasteiger partial charge is 0.0521 e. The normalized spacial score (nSPS) is 25.6. The Bertz CT molecular complexity index is 465. The molecule has 0 N–H and O–H groups in total. The molecule has 0 bridgehead atoms. The molecule has 22 heavy (non-hydrogen) atoms. The summed E-state index contributed by atoms with van der Waals surface area (Å²) in [6.07, 6.45) is 3.83. The number of nitrogens with zero attached hydrogens (tertiary/aromatic N) is 1. The third-order valence-corrected chi connectivity index (χ3v) is 6.47. The maximum absolute atomic E-state index is 5.74. The lowest BCUT2D eigenvalue weighted by Gasteiger charge is -2.49. The van der Waals surface area contributed by atoms with Crippen LogP contribution in [0.15, 0.2) is 12.1 Å². The zero-order valence-electron chi connectivity index (χ0n) is 14.0. The lowest BCUT2D eigenvalue weighted by Crippen LogP contribution is -2.49. The predicted octanol–water partition coefficient (Wildman–Crippen LogP) is 3.71. The van der Waals surface area contributed by atoms with Crippen LogP contribution in [0.25, 0.3) is 0 Å². The van der Waals surface area contributed by atoms with Crippen LogP contribution in [0.2, 0.25) is 0 Å². The van der Waals surface area contributed by atoms with Gasteiger partial charge in [0.05, 0.1) is 13.2 Å². The molecule has 4 heteroatoms. The minimum Gasteiger partial charge on any atom is -0.381 e. The zero-order chi connectivity index (χ0) is 15.4. The number of ether oxygens (including phenoxy) is 2. The minimum atomic E-state index is 0.468. The van der Waals surface area contributed by atoms with E-state index in [2.05, 4.69) is 30.9 Å². The van der Waals surface area contributed by atoms with E-state index in [0.717, 1.165) is 33.0 Å². The van der Waals surface area contributed by atoms with E-state index in [9.17, 15) is 0 Å². The highest BCUT2D eigenvalue weighted by Crippen LogP contribution is 2.45. The molecular formula is C18H29NO2S. The maximum atomic E-state index is 5.74. The van der Waals surface area contributed by atoms with Crippen LogP contribution >= 0.6 is 11.3 Å². The Hall–Kier alpha value is -0.420. The lowest BCUT2D eigenvalue weighted by atomic mass is 9.66. The first-order valence-electron chi connectivity index (χ1n) is 8.65. The molecule has 2 aliphatic heterocycles. The highest BCUT2D eigenvalue weighted by molar-refractivity contribution is 7.11. The monoisotopic (exact) mass is 323 g/mol. The molecule has 1 aromatic heterocycles. The van der Waals surface area contributed by atoms with Gasteiger partial charge in [0.1, 0.15) is 0 Å². The molecule has 0 amide bonds. The van der Waals surface area contributed by atoms with Gasteiger partial charge in [0.15, 0.2) is 0 Å². The largest absolute Gasteiger partial charge is 0.381 e. The number of thiophene rings is 1. The first kappa shape index (κ1) is 16.4. The van der Waals surface area contributed by atoms with Crippen LogP contribution < -0.4 is 0 Å². The summed E-state index contributed by atoms with van der Waals surface area (Å²) in [6.45, 7) is 11.4. The second-order valence-electron chi connectivity index (χ2n) is 6.83. The van der Waals surface area contributed by atoms with Gasteiger partial charge in [0, 0.05) is 35.4 Å². The van der Waals surface area contributed by atoms with Gasteiger partial charge in [-0.25, -0.2) is 0 Å². The fourth-order valence-corrected chi connectivity index (χ4v) is 4.90. The molecule has 0 aromatic carbocycles. The van der Waals surface area contributed by atoms with Crippen LogP contribution in [0.1, 0.15) is 35.9 Å². The molecule has 2 saturated heterocycles. The Morgan fingerprint density at radius 2 is 2.14 bits per heavy atom. The van der Waals surface area contributed by atoms with Gasteiger partial charge in [-0.2, -0.15) is 0 Å². The van der Waals surface area contributed by atoms with Crippen molar-refractivity contribution < 1.29 is 9.47 Å². The van der Waals surface area contributed by atoms with Crippen molar-refractivity contribution in [2.45, 2.75) is 39.7 Å². The highest BCUT2D eigenvalue weighted by Gasteiger charge is 2.43. The number of aryl methyl sites for hydroxylation is 1. The molecular weight excluding hydrogens is 294 g/mol. The van der Waals surface area contributed by atoms with Crippen molar-refractivity contribution in [3.63, 3.8) is 0 Å². The number of hydrogen-bond donors (Lipinski definition) is 0. The number of likely N-dealkylation sites (tertiary alicyclic amines) is 1. The Balaban J connectivity index is 1.56. The summed E-state index contributed by atoms with van der Waals surface area (Å²) >= 11 is 1.94. The van der Waals surface area contributed by atoms with E-state index in [0.29, 0.717) is 11.3 Å². The third kappa shape index (κ3) is 3.73. The van der Waals surface area contributed by atoms with Gasteiger partial charge in [-0.3, -0.25) is 4.90 Å². The molecule has 3 nitrogen and oxygen atoms in total. The molecule has 2 fully saturated rings. The summed E-state index contributed by atoms with van der Waals surface area (Å²) < 4.78 is 11.5. The zero-order valence-corrected chi connectivity index (χ0v) is 14.8. The van der Waals surface area contributed by atoms with Crippen molar-refractivity contribution in [1.29, 1.82) is 0 Å². The average Bonchev–Trinajstić information content (AvgIpc) is 2.94. The predicted molar refractivity (Wildman–Crippen MR) is 91.4 cm³/mol. The van der Waals surface area contributed by atoms with E-state index >= 15 is 0 Å². The molecule has 124 valence electrons. The molecule has 3 heterocycles. The van der Waals surface area contributed by atoms with E-state index in [1.54, 1.807) is 0 Å². The fraction of sp³-hybridized carbons (Fsp3) is 0.778. The molecule has 0 radical (unpaired) electrons. The Labute approximate surface area is 138 Å². The van der Waals surface area contributed by atoms with Crippen LogP contribution in [-0.2, 0) is 16.0 Å². The van der Waals surface area contributed by atoms with Crippen LogP contribution in [0.4, 0.5) is 0 Å². The Kier molecular flexibility index (Phi) is 5.55. The average molecular weight is 324 g/mol. The molecule has 1 aromatic rings. The van der Waals surface area contributed by atoms with Gasteiger partial charge >= 0.3 is 0 Å². The van der Waals surface area contributed by atoms with Gasteiger partial charge in [0.25, 0.3) is 0 Å². The topological polar surface area (TPSA) is 21.7 Å². The van der Waals surface area contributed by atoms with E-state index < -0.39 is 0 Å². The van der Waals surface area contributed by atoms with Crippen LogP contribution in [-0.4, -0.2) is 44.4 Å². The summed E-state index contributed by atoms with van der Waals surface area (Å²) in [4.78, 5) is 5.56. The van der Waals surface area contributed by atoms with Gasteiger partial charge in [-0.05, 0) is 63.7 Å². The first-order chi connectivity index (χ1) is 10.7. The molecule has 3 rings (SSSR count).